The zero-order valence-corrected chi connectivity index (χ0v) is 6.99. The first-order valence-corrected chi connectivity index (χ1v) is 4.13. The minimum Gasteiger partial charge on any atom is -0.411 e. The molecule has 0 unspecified atom stereocenters. The molecule has 0 aliphatic heterocycles. The first kappa shape index (κ1) is 7.35. The monoisotopic (exact) mass is 161 g/mol. The van der Waals surface area contributed by atoms with Gasteiger partial charge in [-0.05, 0) is 11.5 Å². The van der Waals surface area contributed by atoms with Crippen molar-refractivity contribution in [3.05, 3.63) is 35.4 Å². The van der Waals surface area contributed by atoms with E-state index in [-0.39, 0.29) is 0 Å². The zero-order chi connectivity index (χ0) is 8.55. The molecule has 12 heavy (non-hydrogen) atoms. The van der Waals surface area contributed by atoms with Crippen LogP contribution >= 0.6 is 0 Å². The van der Waals surface area contributed by atoms with Gasteiger partial charge in [0.05, 0.1) is 5.71 Å². The lowest BCUT2D eigenvalue weighted by molar-refractivity contribution is 0.318. The Bertz CT molecular complexity index is 330. The Morgan fingerprint density at radius 2 is 2.17 bits per heavy atom. The molecule has 1 aliphatic rings. The highest BCUT2D eigenvalue weighted by Crippen LogP contribution is 2.32. The summed E-state index contributed by atoms with van der Waals surface area (Å²) in [6.07, 6.45) is 0.857. The largest absolute Gasteiger partial charge is 0.411 e. The fourth-order valence-corrected chi connectivity index (χ4v) is 1.79. The van der Waals surface area contributed by atoms with E-state index in [2.05, 4.69) is 18.1 Å². The highest BCUT2D eigenvalue weighted by Gasteiger charge is 2.23. The van der Waals surface area contributed by atoms with Crippen molar-refractivity contribution < 1.29 is 5.21 Å². The Kier molecular flexibility index (Phi) is 1.61. The Balaban J connectivity index is 2.57. The standard InChI is InChI=1S/C10H11NO/c1-7-6-10(11-12)9-5-3-2-4-8(7)9/h2-5,7,12H,6H2,1H3/t7-/m0/s1. The summed E-state index contributed by atoms with van der Waals surface area (Å²) >= 11 is 0. The fourth-order valence-electron chi connectivity index (χ4n) is 1.79. The van der Waals surface area contributed by atoms with E-state index in [0.717, 1.165) is 17.7 Å². The lowest BCUT2D eigenvalue weighted by Gasteiger charge is -2.00. The number of oxime groups is 1. The third-order valence-electron chi connectivity index (χ3n) is 2.42. The SMILES string of the molecule is C[C@H]1CC(=NO)c2ccccc21. The molecule has 0 heterocycles. The molecule has 1 aromatic carbocycles. The maximum atomic E-state index is 8.72. The molecule has 2 nitrogen and oxygen atoms in total. The van der Waals surface area contributed by atoms with Crippen molar-refractivity contribution in [2.45, 2.75) is 19.3 Å². The lowest BCUT2D eigenvalue weighted by Crippen LogP contribution is -1.92. The summed E-state index contributed by atoms with van der Waals surface area (Å²) in [7, 11) is 0. The molecular weight excluding hydrogens is 150 g/mol. The summed E-state index contributed by atoms with van der Waals surface area (Å²) in [4.78, 5) is 0. The normalized spacial score (nSPS) is 24.4. The van der Waals surface area contributed by atoms with E-state index < -0.39 is 0 Å². The first-order chi connectivity index (χ1) is 5.83. The van der Waals surface area contributed by atoms with E-state index in [9.17, 15) is 0 Å². The quantitative estimate of drug-likeness (QED) is 0.460. The van der Waals surface area contributed by atoms with E-state index >= 15 is 0 Å². The van der Waals surface area contributed by atoms with Crippen LogP contribution in [0, 0.1) is 0 Å². The van der Waals surface area contributed by atoms with Crippen LogP contribution in [0.3, 0.4) is 0 Å². The van der Waals surface area contributed by atoms with Gasteiger partial charge in [-0.3, -0.25) is 0 Å². The van der Waals surface area contributed by atoms with Crippen LogP contribution in [-0.4, -0.2) is 10.9 Å². The van der Waals surface area contributed by atoms with Crippen molar-refractivity contribution in [3.8, 4) is 0 Å². The molecule has 0 saturated carbocycles. The Hall–Kier alpha value is -1.31. The predicted octanol–water partition coefficient (Wildman–Crippen LogP) is 2.37. The minimum absolute atomic E-state index is 0.493. The van der Waals surface area contributed by atoms with E-state index in [1.807, 2.05) is 18.2 Å². The Morgan fingerprint density at radius 3 is 2.92 bits per heavy atom. The van der Waals surface area contributed by atoms with Crippen LogP contribution in [0.25, 0.3) is 0 Å². The van der Waals surface area contributed by atoms with Crippen LogP contribution in [0.2, 0.25) is 0 Å². The number of fused-ring (bicyclic) bond motifs is 1. The molecular formula is C10H11NO. The van der Waals surface area contributed by atoms with Gasteiger partial charge in [0.15, 0.2) is 0 Å². The van der Waals surface area contributed by atoms with E-state index in [1.165, 1.54) is 5.56 Å². The topological polar surface area (TPSA) is 32.6 Å². The molecule has 1 N–H and O–H groups in total. The van der Waals surface area contributed by atoms with Crippen LogP contribution in [0.1, 0.15) is 30.4 Å². The van der Waals surface area contributed by atoms with E-state index in [4.69, 9.17) is 5.21 Å². The van der Waals surface area contributed by atoms with E-state index in [0.29, 0.717) is 5.92 Å². The van der Waals surface area contributed by atoms with E-state index in [1.54, 1.807) is 0 Å². The molecule has 1 aromatic rings. The van der Waals surface area contributed by atoms with Crippen molar-refractivity contribution in [2.24, 2.45) is 5.16 Å². The van der Waals surface area contributed by atoms with Crippen LogP contribution in [-0.2, 0) is 0 Å². The van der Waals surface area contributed by atoms with Crippen molar-refractivity contribution in [1.29, 1.82) is 0 Å². The van der Waals surface area contributed by atoms with Crippen LogP contribution in [0.5, 0.6) is 0 Å². The summed E-state index contributed by atoms with van der Waals surface area (Å²) < 4.78 is 0. The molecule has 0 saturated heterocycles. The summed E-state index contributed by atoms with van der Waals surface area (Å²) in [5.41, 5.74) is 3.22. The number of hydrogen-bond donors (Lipinski definition) is 1. The van der Waals surface area contributed by atoms with Gasteiger partial charge in [0.1, 0.15) is 0 Å². The second-order valence-corrected chi connectivity index (χ2v) is 3.24. The Morgan fingerprint density at radius 1 is 1.42 bits per heavy atom. The number of nitrogens with zero attached hydrogens (tertiary/aromatic N) is 1. The Labute approximate surface area is 71.5 Å². The molecule has 1 atom stereocenters. The average Bonchev–Trinajstić information content (AvgIpc) is 2.44. The van der Waals surface area contributed by atoms with Gasteiger partial charge < -0.3 is 5.21 Å². The van der Waals surface area contributed by atoms with Gasteiger partial charge in [0.25, 0.3) is 0 Å². The van der Waals surface area contributed by atoms with Crippen LogP contribution in [0.4, 0.5) is 0 Å². The van der Waals surface area contributed by atoms with Gasteiger partial charge in [-0.1, -0.05) is 36.3 Å². The summed E-state index contributed by atoms with van der Waals surface area (Å²) in [5.74, 6) is 0.493. The zero-order valence-electron chi connectivity index (χ0n) is 6.99. The summed E-state index contributed by atoms with van der Waals surface area (Å²) in [6, 6.07) is 8.10. The van der Waals surface area contributed by atoms with Gasteiger partial charge in [0, 0.05) is 12.0 Å². The fraction of sp³-hybridized carbons (Fsp3) is 0.300. The van der Waals surface area contributed by atoms with Gasteiger partial charge in [0.2, 0.25) is 0 Å². The summed E-state index contributed by atoms with van der Waals surface area (Å²) in [5, 5.41) is 12.0. The molecule has 0 amide bonds. The maximum absolute atomic E-state index is 8.72. The number of hydrogen-bond acceptors (Lipinski definition) is 2. The predicted molar refractivity (Wildman–Crippen MR) is 47.8 cm³/mol. The van der Waals surface area contributed by atoms with Crippen LogP contribution in [0.15, 0.2) is 29.4 Å². The number of benzene rings is 1. The molecule has 0 spiro atoms. The third kappa shape index (κ3) is 0.916. The molecule has 0 radical (unpaired) electrons. The van der Waals surface area contributed by atoms with Crippen molar-refractivity contribution in [3.63, 3.8) is 0 Å². The average molecular weight is 161 g/mol. The van der Waals surface area contributed by atoms with Crippen molar-refractivity contribution >= 4 is 5.71 Å². The molecule has 62 valence electrons. The maximum Gasteiger partial charge on any atom is 0.0876 e. The van der Waals surface area contributed by atoms with Crippen molar-refractivity contribution in [1.82, 2.24) is 0 Å². The minimum atomic E-state index is 0.493. The second-order valence-electron chi connectivity index (χ2n) is 3.24. The summed E-state index contributed by atoms with van der Waals surface area (Å²) in [6.45, 7) is 2.15. The smallest absolute Gasteiger partial charge is 0.0876 e. The molecule has 0 fully saturated rings. The molecule has 0 bridgehead atoms. The molecule has 2 heteroatoms. The number of rotatable bonds is 0. The van der Waals surface area contributed by atoms with Gasteiger partial charge in [-0.15, -0.1) is 0 Å². The third-order valence-corrected chi connectivity index (χ3v) is 2.42. The molecule has 2 rings (SSSR count). The van der Waals surface area contributed by atoms with Gasteiger partial charge >= 0.3 is 0 Å². The van der Waals surface area contributed by atoms with Crippen LogP contribution < -0.4 is 0 Å². The molecule has 0 aromatic heterocycles. The van der Waals surface area contributed by atoms with Gasteiger partial charge in [-0.25, -0.2) is 0 Å². The highest BCUT2D eigenvalue weighted by atomic mass is 16.4. The van der Waals surface area contributed by atoms with Gasteiger partial charge in [-0.2, -0.15) is 0 Å². The molecule has 1 aliphatic carbocycles. The first-order valence-electron chi connectivity index (χ1n) is 4.13. The second kappa shape index (κ2) is 2.63. The lowest BCUT2D eigenvalue weighted by atomic mass is 10.0. The van der Waals surface area contributed by atoms with Crippen molar-refractivity contribution in [2.75, 3.05) is 0 Å². The highest BCUT2D eigenvalue weighted by molar-refractivity contribution is 6.04.